The second-order valence-corrected chi connectivity index (χ2v) is 4.67. The zero-order valence-corrected chi connectivity index (χ0v) is 10.1. The summed E-state index contributed by atoms with van der Waals surface area (Å²) in [6.07, 6.45) is 0. The zero-order chi connectivity index (χ0) is 12.7. The topological polar surface area (TPSA) is 58.6 Å². The van der Waals surface area contributed by atoms with Crippen molar-refractivity contribution in [2.24, 2.45) is 11.8 Å². The summed E-state index contributed by atoms with van der Waals surface area (Å²) in [5.74, 6) is 0.0820. The van der Waals surface area contributed by atoms with Crippen molar-refractivity contribution >= 4 is 17.5 Å². The first-order chi connectivity index (χ1) is 8.69. The normalized spacial score (nSPS) is 26.2. The van der Waals surface area contributed by atoms with Gasteiger partial charge in [0.1, 0.15) is 5.75 Å². The number of methoxy groups -OCH3 is 1. The van der Waals surface area contributed by atoms with Crippen molar-refractivity contribution < 1.29 is 14.3 Å². The molecular formula is C13H14N2O3. The van der Waals surface area contributed by atoms with Gasteiger partial charge in [-0.3, -0.25) is 14.9 Å². The number of ether oxygens (including phenoxy) is 1. The van der Waals surface area contributed by atoms with E-state index >= 15 is 0 Å². The summed E-state index contributed by atoms with van der Waals surface area (Å²) in [5, 5.41) is 2.38. The number of nitrogens with zero attached hydrogens (tertiary/aromatic N) is 1. The SMILES string of the molecule is COc1cccc(N2C[C@@H]3C(=O)NC(=O)[C@@H]3C2)c1. The van der Waals surface area contributed by atoms with Gasteiger partial charge in [0.2, 0.25) is 11.8 Å². The van der Waals surface area contributed by atoms with Gasteiger partial charge in [-0.05, 0) is 12.1 Å². The van der Waals surface area contributed by atoms with Gasteiger partial charge in [0.15, 0.2) is 0 Å². The van der Waals surface area contributed by atoms with E-state index in [0.717, 1.165) is 11.4 Å². The summed E-state index contributed by atoms with van der Waals surface area (Å²) >= 11 is 0. The third-order valence-corrected chi connectivity index (χ3v) is 3.66. The van der Waals surface area contributed by atoms with Gasteiger partial charge in [0.25, 0.3) is 0 Å². The van der Waals surface area contributed by atoms with Crippen LogP contribution in [0.25, 0.3) is 0 Å². The molecule has 0 aromatic heterocycles. The van der Waals surface area contributed by atoms with E-state index in [1.54, 1.807) is 7.11 Å². The number of carbonyl (C=O) groups excluding carboxylic acids is 2. The van der Waals surface area contributed by atoms with Gasteiger partial charge < -0.3 is 9.64 Å². The molecule has 0 saturated carbocycles. The third kappa shape index (κ3) is 1.63. The fourth-order valence-corrected chi connectivity index (χ4v) is 2.66. The van der Waals surface area contributed by atoms with Crippen molar-refractivity contribution in [2.45, 2.75) is 0 Å². The first-order valence-electron chi connectivity index (χ1n) is 5.93. The van der Waals surface area contributed by atoms with Crippen LogP contribution in [0.1, 0.15) is 0 Å². The van der Waals surface area contributed by atoms with E-state index in [1.165, 1.54) is 0 Å². The molecule has 94 valence electrons. The molecule has 0 radical (unpaired) electrons. The molecule has 1 aromatic rings. The van der Waals surface area contributed by atoms with Gasteiger partial charge in [-0.25, -0.2) is 0 Å². The molecular weight excluding hydrogens is 232 g/mol. The van der Waals surface area contributed by atoms with Crippen molar-refractivity contribution in [3.63, 3.8) is 0 Å². The maximum absolute atomic E-state index is 11.6. The second-order valence-electron chi connectivity index (χ2n) is 4.67. The number of hydrogen-bond donors (Lipinski definition) is 1. The van der Waals surface area contributed by atoms with E-state index in [9.17, 15) is 9.59 Å². The van der Waals surface area contributed by atoms with Gasteiger partial charge in [-0.15, -0.1) is 0 Å². The number of anilines is 1. The predicted octanol–water partition coefficient (Wildman–Crippen LogP) is 0.404. The van der Waals surface area contributed by atoms with Crippen LogP contribution in [0.4, 0.5) is 5.69 Å². The molecule has 2 aliphatic heterocycles. The van der Waals surface area contributed by atoms with Crippen molar-refractivity contribution in [1.82, 2.24) is 5.32 Å². The monoisotopic (exact) mass is 246 g/mol. The Morgan fingerprint density at radius 1 is 1.22 bits per heavy atom. The highest BCUT2D eigenvalue weighted by atomic mass is 16.5. The molecule has 2 atom stereocenters. The molecule has 2 heterocycles. The van der Waals surface area contributed by atoms with Crippen LogP contribution in [0.15, 0.2) is 24.3 Å². The van der Waals surface area contributed by atoms with Crippen molar-refractivity contribution in [1.29, 1.82) is 0 Å². The van der Waals surface area contributed by atoms with E-state index in [0.29, 0.717) is 13.1 Å². The molecule has 2 saturated heterocycles. The van der Waals surface area contributed by atoms with Gasteiger partial charge in [0.05, 0.1) is 18.9 Å². The lowest BCUT2D eigenvalue weighted by Gasteiger charge is -2.19. The quantitative estimate of drug-likeness (QED) is 0.768. The number of nitrogens with one attached hydrogen (secondary N) is 1. The van der Waals surface area contributed by atoms with E-state index < -0.39 is 0 Å². The van der Waals surface area contributed by atoms with Crippen LogP contribution in [0, 0.1) is 11.8 Å². The largest absolute Gasteiger partial charge is 0.497 e. The highest BCUT2D eigenvalue weighted by molar-refractivity contribution is 6.06. The molecule has 1 aromatic carbocycles. The van der Waals surface area contributed by atoms with E-state index in [2.05, 4.69) is 10.2 Å². The number of amides is 2. The highest BCUT2D eigenvalue weighted by Gasteiger charge is 2.47. The number of rotatable bonds is 2. The third-order valence-electron chi connectivity index (χ3n) is 3.66. The fourth-order valence-electron chi connectivity index (χ4n) is 2.66. The molecule has 5 heteroatoms. The number of hydrogen-bond acceptors (Lipinski definition) is 4. The van der Waals surface area contributed by atoms with Crippen molar-refractivity contribution in [2.75, 3.05) is 25.1 Å². The Labute approximate surface area is 105 Å². The molecule has 0 unspecified atom stereocenters. The van der Waals surface area contributed by atoms with E-state index in [-0.39, 0.29) is 23.7 Å². The molecule has 2 fully saturated rings. The van der Waals surface area contributed by atoms with Gasteiger partial charge in [-0.2, -0.15) is 0 Å². The molecule has 5 nitrogen and oxygen atoms in total. The van der Waals surface area contributed by atoms with Gasteiger partial charge in [-0.1, -0.05) is 6.07 Å². The Kier molecular flexibility index (Phi) is 2.47. The Hall–Kier alpha value is -2.04. The second kappa shape index (κ2) is 4.01. The van der Waals surface area contributed by atoms with Crippen molar-refractivity contribution in [3.8, 4) is 5.75 Å². The Morgan fingerprint density at radius 3 is 2.50 bits per heavy atom. The summed E-state index contributed by atoms with van der Waals surface area (Å²) in [6.45, 7) is 1.19. The smallest absolute Gasteiger partial charge is 0.232 e. The summed E-state index contributed by atoms with van der Waals surface area (Å²) < 4.78 is 5.18. The average Bonchev–Trinajstić information content (AvgIpc) is 2.93. The fraction of sp³-hybridized carbons (Fsp3) is 0.385. The number of carbonyl (C=O) groups is 2. The summed E-state index contributed by atoms with van der Waals surface area (Å²) in [4.78, 5) is 25.2. The number of benzene rings is 1. The molecule has 0 spiro atoms. The molecule has 2 amide bonds. The Morgan fingerprint density at radius 2 is 1.89 bits per heavy atom. The average molecular weight is 246 g/mol. The maximum atomic E-state index is 11.6. The van der Waals surface area contributed by atoms with Crippen LogP contribution in [-0.2, 0) is 9.59 Å². The summed E-state index contributed by atoms with van der Waals surface area (Å²) in [5.41, 5.74) is 0.990. The van der Waals surface area contributed by atoms with Crippen LogP contribution in [0.5, 0.6) is 5.75 Å². The standard InChI is InChI=1S/C13H14N2O3/c1-18-9-4-2-3-8(5-9)15-6-10-11(7-15)13(17)14-12(10)16/h2-5,10-11H,6-7H2,1H3,(H,14,16,17)/t10-,11+. The first-order valence-corrected chi connectivity index (χ1v) is 5.93. The molecule has 2 aliphatic rings. The molecule has 3 rings (SSSR count). The molecule has 1 N–H and O–H groups in total. The minimum absolute atomic E-state index is 0.143. The van der Waals surface area contributed by atoms with E-state index in [4.69, 9.17) is 4.74 Å². The van der Waals surface area contributed by atoms with Gasteiger partial charge in [0, 0.05) is 24.8 Å². The molecule has 0 bridgehead atoms. The van der Waals surface area contributed by atoms with Crippen LogP contribution >= 0.6 is 0 Å². The number of imide groups is 1. The first kappa shape index (κ1) is 11.1. The van der Waals surface area contributed by atoms with E-state index in [1.807, 2.05) is 24.3 Å². The highest BCUT2D eigenvalue weighted by Crippen LogP contribution is 2.33. The summed E-state index contributed by atoms with van der Waals surface area (Å²) in [6, 6.07) is 7.66. The maximum Gasteiger partial charge on any atom is 0.232 e. The zero-order valence-electron chi connectivity index (χ0n) is 10.1. The summed E-state index contributed by atoms with van der Waals surface area (Å²) in [7, 11) is 1.62. The lowest BCUT2D eigenvalue weighted by Crippen LogP contribution is -2.31. The lowest BCUT2D eigenvalue weighted by molar-refractivity contribution is -0.126. The Balaban J connectivity index is 1.83. The van der Waals surface area contributed by atoms with Crippen LogP contribution in [0.2, 0.25) is 0 Å². The minimum Gasteiger partial charge on any atom is -0.497 e. The van der Waals surface area contributed by atoms with Crippen molar-refractivity contribution in [3.05, 3.63) is 24.3 Å². The minimum atomic E-state index is -0.205. The predicted molar refractivity (Wildman–Crippen MR) is 65.3 cm³/mol. The Bertz CT molecular complexity index is 493. The van der Waals surface area contributed by atoms with Gasteiger partial charge >= 0.3 is 0 Å². The van der Waals surface area contributed by atoms with Crippen LogP contribution in [-0.4, -0.2) is 32.0 Å². The van der Waals surface area contributed by atoms with Crippen LogP contribution in [0.3, 0.4) is 0 Å². The number of fused-ring (bicyclic) bond motifs is 1. The molecule has 18 heavy (non-hydrogen) atoms. The lowest BCUT2D eigenvalue weighted by atomic mass is 10.00. The van der Waals surface area contributed by atoms with Crippen LogP contribution < -0.4 is 15.0 Å². The molecule has 0 aliphatic carbocycles.